The summed E-state index contributed by atoms with van der Waals surface area (Å²) in [6.45, 7) is 0. The second kappa shape index (κ2) is 5.94. The van der Waals surface area contributed by atoms with E-state index in [0.717, 1.165) is 5.56 Å². The van der Waals surface area contributed by atoms with Crippen molar-refractivity contribution < 1.29 is 12.9 Å². The van der Waals surface area contributed by atoms with Crippen molar-refractivity contribution in [3.63, 3.8) is 0 Å². The van der Waals surface area contributed by atoms with Crippen LogP contribution in [0.15, 0.2) is 74.6 Å². The molecule has 112 valence electrons. The summed E-state index contributed by atoms with van der Waals surface area (Å²) in [5, 5.41) is 3.75. The normalized spacial score (nSPS) is 11.3. The maximum atomic E-state index is 12.3. The standard InChI is InChI=1S/C15H11BrN2O3S/c16-12-7-4-8-13(9-12)22(19,20)18-15-10-14(21-17-15)11-5-2-1-3-6-11/h1-10H,(H,17,18). The molecule has 0 aliphatic carbocycles. The average Bonchev–Trinajstić information content (AvgIpc) is 2.96. The van der Waals surface area contributed by atoms with Crippen molar-refractivity contribution in [3.05, 3.63) is 65.1 Å². The fourth-order valence-electron chi connectivity index (χ4n) is 1.89. The van der Waals surface area contributed by atoms with Crippen LogP contribution in [0.1, 0.15) is 0 Å². The highest BCUT2D eigenvalue weighted by atomic mass is 79.9. The van der Waals surface area contributed by atoms with Gasteiger partial charge in [0.1, 0.15) is 0 Å². The van der Waals surface area contributed by atoms with Gasteiger partial charge in [-0.25, -0.2) is 8.42 Å². The highest BCUT2D eigenvalue weighted by Crippen LogP contribution is 2.24. The van der Waals surface area contributed by atoms with E-state index in [4.69, 9.17) is 4.52 Å². The molecule has 7 heteroatoms. The SMILES string of the molecule is O=S(=O)(Nc1cc(-c2ccccc2)on1)c1cccc(Br)c1. The molecule has 0 spiro atoms. The predicted octanol–water partition coefficient (Wildman–Crippen LogP) is 3.90. The van der Waals surface area contributed by atoms with Crippen molar-refractivity contribution in [2.24, 2.45) is 0 Å². The Morgan fingerprint density at radius 2 is 1.77 bits per heavy atom. The first kappa shape index (κ1) is 14.8. The monoisotopic (exact) mass is 378 g/mol. The van der Waals surface area contributed by atoms with Crippen molar-refractivity contribution in [2.45, 2.75) is 4.90 Å². The molecule has 0 unspecified atom stereocenters. The number of rotatable bonds is 4. The summed E-state index contributed by atoms with van der Waals surface area (Å²) in [5.41, 5.74) is 0.822. The summed E-state index contributed by atoms with van der Waals surface area (Å²) in [6, 6.07) is 17.3. The van der Waals surface area contributed by atoms with Gasteiger partial charge >= 0.3 is 0 Å². The van der Waals surface area contributed by atoms with Crippen LogP contribution in [0.2, 0.25) is 0 Å². The smallest absolute Gasteiger partial charge is 0.263 e. The van der Waals surface area contributed by atoms with Crippen LogP contribution >= 0.6 is 15.9 Å². The number of aromatic nitrogens is 1. The van der Waals surface area contributed by atoms with Crippen LogP contribution in [0.3, 0.4) is 0 Å². The lowest BCUT2D eigenvalue weighted by molar-refractivity contribution is 0.435. The van der Waals surface area contributed by atoms with E-state index < -0.39 is 10.0 Å². The Kier molecular flexibility index (Phi) is 4.00. The number of halogens is 1. The molecule has 3 aromatic rings. The molecule has 3 rings (SSSR count). The van der Waals surface area contributed by atoms with Crippen LogP contribution in [0, 0.1) is 0 Å². The van der Waals surface area contributed by atoms with E-state index >= 15 is 0 Å². The van der Waals surface area contributed by atoms with Gasteiger partial charge in [0, 0.05) is 16.1 Å². The lowest BCUT2D eigenvalue weighted by Gasteiger charge is -2.04. The largest absolute Gasteiger partial charge is 0.354 e. The zero-order valence-corrected chi connectivity index (χ0v) is 13.6. The molecule has 0 aliphatic rings. The molecule has 0 fully saturated rings. The van der Waals surface area contributed by atoms with Gasteiger partial charge < -0.3 is 4.52 Å². The maximum absolute atomic E-state index is 12.3. The molecule has 5 nitrogen and oxygen atoms in total. The summed E-state index contributed by atoms with van der Waals surface area (Å²) in [5.74, 6) is 0.631. The Labute approximate surface area is 136 Å². The first-order valence-electron chi connectivity index (χ1n) is 6.35. The van der Waals surface area contributed by atoms with Gasteiger partial charge in [-0.2, -0.15) is 0 Å². The van der Waals surface area contributed by atoms with Crippen LogP contribution in [0.4, 0.5) is 5.82 Å². The Morgan fingerprint density at radius 1 is 1.00 bits per heavy atom. The van der Waals surface area contributed by atoms with Crippen LogP contribution in [-0.4, -0.2) is 13.6 Å². The fraction of sp³-hybridized carbons (Fsp3) is 0. The highest BCUT2D eigenvalue weighted by Gasteiger charge is 2.17. The minimum absolute atomic E-state index is 0.138. The van der Waals surface area contributed by atoms with E-state index in [1.54, 1.807) is 18.2 Å². The topological polar surface area (TPSA) is 72.2 Å². The lowest BCUT2D eigenvalue weighted by atomic mass is 10.2. The molecule has 0 bridgehead atoms. The van der Waals surface area contributed by atoms with Crippen molar-refractivity contribution in [2.75, 3.05) is 4.72 Å². The molecule has 0 saturated heterocycles. The van der Waals surface area contributed by atoms with E-state index in [0.29, 0.717) is 10.2 Å². The third-order valence-electron chi connectivity index (χ3n) is 2.91. The Bertz CT molecular complexity index is 892. The first-order chi connectivity index (χ1) is 10.5. The van der Waals surface area contributed by atoms with Crippen LogP contribution in [0.25, 0.3) is 11.3 Å². The van der Waals surface area contributed by atoms with Gasteiger partial charge in [-0.3, -0.25) is 4.72 Å². The lowest BCUT2D eigenvalue weighted by Crippen LogP contribution is -2.13. The van der Waals surface area contributed by atoms with Gasteiger partial charge in [0.05, 0.1) is 4.90 Å². The van der Waals surface area contributed by atoms with Gasteiger partial charge in [0.15, 0.2) is 11.6 Å². The summed E-state index contributed by atoms with van der Waals surface area (Å²) in [4.78, 5) is 0.145. The molecule has 0 saturated carbocycles. The molecule has 0 amide bonds. The van der Waals surface area contributed by atoms with E-state index in [1.807, 2.05) is 30.3 Å². The van der Waals surface area contributed by atoms with Gasteiger partial charge in [-0.15, -0.1) is 0 Å². The second-order valence-electron chi connectivity index (χ2n) is 4.51. The zero-order chi connectivity index (χ0) is 15.6. The summed E-state index contributed by atoms with van der Waals surface area (Å²) in [6.07, 6.45) is 0. The van der Waals surface area contributed by atoms with E-state index in [1.165, 1.54) is 12.1 Å². The van der Waals surface area contributed by atoms with Crippen molar-refractivity contribution >= 4 is 31.8 Å². The van der Waals surface area contributed by atoms with Crippen LogP contribution < -0.4 is 4.72 Å². The molecule has 22 heavy (non-hydrogen) atoms. The number of anilines is 1. The molecule has 1 heterocycles. The molecule has 0 aliphatic heterocycles. The quantitative estimate of drug-likeness (QED) is 0.746. The van der Waals surface area contributed by atoms with E-state index in [2.05, 4.69) is 25.8 Å². The van der Waals surface area contributed by atoms with Crippen molar-refractivity contribution in [1.29, 1.82) is 0 Å². The molecular formula is C15H11BrN2O3S. The van der Waals surface area contributed by atoms with Crippen molar-refractivity contribution in [3.8, 4) is 11.3 Å². The molecule has 1 N–H and O–H groups in total. The Morgan fingerprint density at radius 3 is 2.50 bits per heavy atom. The minimum atomic E-state index is -3.71. The predicted molar refractivity (Wildman–Crippen MR) is 86.9 cm³/mol. The number of hydrogen-bond donors (Lipinski definition) is 1. The van der Waals surface area contributed by atoms with Crippen LogP contribution in [0.5, 0.6) is 0 Å². The van der Waals surface area contributed by atoms with Crippen molar-refractivity contribution in [1.82, 2.24) is 5.16 Å². The number of benzene rings is 2. The number of nitrogens with zero attached hydrogens (tertiary/aromatic N) is 1. The maximum Gasteiger partial charge on any atom is 0.263 e. The number of hydrogen-bond acceptors (Lipinski definition) is 4. The van der Waals surface area contributed by atoms with E-state index in [-0.39, 0.29) is 10.7 Å². The number of nitrogens with one attached hydrogen (secondary N) is 1. The fourth-order valence-corrected chi connectivity index (χ4v) is 3.47. The minimum Gasteiger partial charge on any atom is -0.354 e. The van der Waals surface area contributed by atoms with Gasteiger partial charge in [-0.1, -0.05) is 57.5 Å². The molecular weight excluding hydrogens is 368 g/mol. The molecule has 2 aromatic carbocycles. The molecule has 1 aromatic heterocycles. The van der Waals surface area contributed by atoms with Gasteiger partial charge in [0.2, 0.25) is 0 Å². The third-order valence-corrected chi connectivity index (χ3v) is 4.76. The van der Waals surface area contributed by atoms with E-state index in [9.17, 15) is 8.42 Å². The molecule has 0 radical (unpaired) electrons. The summed E-state index contributed by atoms with van der Waals surface area (Å²) in [7, 11) is -3.71. The molecule has 0 atom stereocenters. The second-order valence-corrected chi connectivity index (χ2v) is 7.10. The highest BCUT2D eigenvalue weighted by molar-refractivity contribution is 9.10. The Balaban J connectivity index is 1.86. The van der Waals surface area contributed by atoms with Gasteiger partial charge in [-0.05, 0) is 18.2 Å². The first-order valence-corrected chi connectivity index (χ1v) is 8.63. The number of sulfonamides is 1. The summed E-state index contributed by atoms with van der Waals surface area (Å²) < 4.78 is 32.8. The van der Waals surface area contributed by atoms with Gasteiger partial charge in [0.25, 0.3) is 10.0 Å². The third kappa shape index (κ3) is 3.20. The van der Waals surface area contributed by atoms with Crippen LogP contribution in [-0.2, 0) is 10.0 Å². The Hall–Kier alpha value is -2.12. The summed E-state index contributed by atoms with van der Waals surface area (Å²) >= 11 is 3.25. The zero-order valence-electron chi connectivity index (χ0n) is 11.2. The average molecular weight is 379 g/mol.